The summed E-state index contributed by atoms with van der Waals surface area (Å²) < 4.78 is 5.10. The van der Waals surface area contributed by atoms with Gasteiger partial charge < -0.3 is 20.1 Å². The minimum atomic E-state index is -1.11. The maximum atomic E-state index is 9.46. The van der Waals surface area contributed by atoms with Crippen molar-refractivity contribution in [2.75, 3.05) is 6.61 Å². The molecular weight excluding hydrogens is 159 g/mol. The van der Waals surface area contributed by atoms with Gasteiger partial charge in [0.1, 0.15) is 25.7 Å². The van der Waals surface area contributed by atoms with Crippen molar-refractivity contribution in [1.82, 2.24) is 0 Å². The smallest absolute Gasteiger partial charge is 0.119 e. The van der Waals surface area contributed by atoms with Crippen LogP contribution in [0.3, 0.4) is 0 Å². The molecule has 1 aliphatic rings. The van der Waals surface area contributed by atoms with Gasteiger partial charge in [-0.15, -0.1) is 0 Å². The summed E-state index contributed by atoms with van der Waals surface area (Å²) in [5.41, 5.74) is -1.08. The molecule has 1 aliphatic heterocycles. The topological polar surface area (TPSA) is 69.9 Å². The Bertz CT molecular complexity index is 159. The predicted molar refractivity (Wildman–Crippen MR) is 42.7 cm³/mol. The molecule has 12 heavy (non-hydrogen) atoms. The third-order valence-electron chi connectivity index (χ3n) is 2.44. The SMILES string of the molecule is [B][C@@H]1O[C@](CC)(CO)[C@@H](O)[C@H]1O. The molecule has 2 radical (unpaired) electrons. The Morgan fingerprint density at radius 3 is 2.25 bits per heavy atom. The fourth-order valence-electron chi connectivity index (χ4n) is 1.44. The van der Waals surface area contributed by atoms with Crippen molar-refractivity contribution in [3.05, 3.63) is 0 Å². The van der Waals surface area contributed by atoms with Crippen LogP contribution in [0.5, 0.6) is 0 Å². The maximum absolute atomic E-state index is 9.46. The zero-order valence-corrected chi connectivity index (χ0v) is 6.97. The standard InChI is InChI=1S/C7H13BO4/c1-2-7(3-9)5(11)4(10)6(8)12-7/h4-6,9-11H,2-3H2,1H3/t4-,5+,6-,7-/m1/s1. The Balaban J connectivity index is 2.79. The highest BCUT2D eigenvalue weighted by molar-refractivity contribution is 6.11. The molecule has 5 heteroatoms. The van der Waals surface area contributed by atoms with E-state index in [1.807, 2.05) is 0 Å². The summed E-state index contributed by atoms with van der Waals surface area (Å²) in [6.45, 7) is 1.42. The van der Waals surface area contributed by atoms with Crippen molar-refractivity contribution in [3.63, 3.8) is 0 Å². The lowest BCUT2D eigenvalue weighted by atomic mass is 9.88. The average Bonchev–Trinajstić information content (AvgIpc) is 2.30. The molecule has 1 saturated heterocycles. The lowest BCUT2D eigenvalue weighted by Gasteiger charge is -2.28. The van der Waals surface area contributed by atoms with Crippen LogP contribution in [-0.4, -0.2) is 53.6 Å². The Labute approximate surface area is 72.6 Å². The van der Waals surface area contributed by atoms with Crippen LogP contribution in [0, 0.1) is 0 Å². The summed E-state index contributed by atoms with van der Waals surface area (Å²) in [7, 11) is 5.35. The van der Waals surface area contributed by atoms with Crippen LogP contribution in [-0.2, 0) is 4.74 Å². The molecule has 0 spiro atoms. The molecule has 4 atom stereocenters. The van der Waals surface area contributed by atoms with Crippen molar-refractivity contribution in [3.8, 4) is 0 Å². The summed E-state index contributed by atoms with van der Waals surface area (Å²) in [5, 5.41) is 27.7. The fraction of sp³-hybridized carbons (Fsp3) is 1.00. The monoisotopic (exact) mass is 172 g/mol. The molecule has 3 N–H and O–H groups in total. The molecule has 0 saturated carbocycles. The van der Waals surface area contributed by atoms with Crippen LogP contribution in [0.2, 0.25) is 0 Å². The Morgan fingerprint density at radius 1 is 1.50 bits per heavy atom. The van der Waals surface area contributed by atoms with Gasteiger partial charge in [-0.25, -0.2) is 0 Å². The molecule has 0 aromatic rings. The first kappa shape index (κ1) is 9.99. The van der Waals surface area contributed by atoms with E-state index < -0.39 is 23.8 Å². The lowest BCUT2D eigenvalue weighted by molar-refractivity contribution is -0.101. The Kier molecular flexibility index (Phi) is 2.78. The number of aliphatic hydroxyl groups is 3. The summed E-state index contributed by atoms with van der Waals surface area (Å²) in [6.07, 6.45) is -1.81. The first-order valence-electron chi connectivity index (χ1n) is 3.98. The van der Waals surface area contributed by atoms with Crippen LogP contribution in [0.25, 0.3) is 0 Å². The molecule has 0 aliphatic carbocycles. The van der Waals surface area contributed by atoms with E-state index in [1.54, 1.807) is 6.92 Å². The van der Waals surface area contributed by atoms with Gasteiger partial charge in [0.05, 0.1) is 6.61 Å². The Hall–Kier alpha value is -0.0951. The summed E-state index contributed by atoms with van der Waals surface area (Å²) in [6, 6.07) is -0.910. The number of aliphatic hydroxyl groups excluding tert-OH is 3. The quantitative estimate of drug-likeness (QED) is 0.437. The zero-order valence-electron chi connectivity index (χ0n) is 6.97. The normalized spacial score (nSPS) is 48.2. The van der Waals surface area contributed by atoms with E-state index in [0.29, 0.717) is 6.42 Å². The highest BCUT2D eigenvalue weighted by atomic mass is 16.6. The van der Waals surface area contributed by atoms with Gasteiger partial charge in [-0.1, -0.05) is 6.92 Å². The molecule has 1 fully saturated rings. The molecule has 0 bridgehead atoms. The second-order valence-electron chi connectivity index (χ2n) is 3.09. The molecule has 1 heterocycles. The van der Waals surface area contributed by atoms with E-state index in [0.717, 1.165) is 0 Å². The van der Waals surface area contributed by atoms with E-state index in [2.05, 4.69) is 0 Å². The van der Waals surface area contributed by atoms with Crippen LogP contribution < -0.4 is 0 Å². The van der Waals surface area contributed by atoms with E-state index in [4.69, 9.17) is 17.7 Å². The molecule has 0 aromatic carbocycles. The largest absolute Gasteiger partial charge is 0.393 e. The van der Waals surface area contributed by atoms with Crippen LogP contribution in [0.1, 0.15) is 13.3 Å². The van der Waals surface area contributed by atoms with Gasteiger partial charge in [0, 0.05) is 6.00 Å². The fourth-order valence-corrected chi connectivity index (χ4v) is 1.44. The highest BCUT2D eigenvalue weighted by Gasteiger charge is 2.50. The van der Waals surface area contributed by atoms with E-state index >= 15 is 0 Å². The summed E-state index contributed by atoms with van der Waals surface area (Å²) in [4.78, 5) is 0. The molecule has 68 valence electrons. The third-order valence-corrected chi connectivity index (χ3v) is 2.44. The highest BCUT2D eigenvalue weighted by Crippen LogP contribution is 2.32. The van der Waals surface area contributed by atoms with E-state index in [1.165, 1.54) is 0 Å². The molecule has 1 rings (SSSR count). The van der Waals surface area contributed by atoms with E-state index in [9.17, 15) is 10.2 Å². The average molecular weight is 172 g/mol. The van der Waals surface area contributed by atoms with E-state index in [-0.39, 0.29) is 6.61 Å². The number of ether oxygens (including phenoxy) is 1. The first-order chi connectivity index (χ1) is 5.57. The van der Waals surface area contributed by atoms with Gasteiger partial charge in [-0.3, -0.25) is 0 Å². The van der Waals surface area contributed by atoms with Crippen molar-refractivity contribution in [2.45, 2.75) is 37.2 Å². The Morgan fingerprint density at radius 2 is 2.08 bits per heavy atom. The van der Waals surface area contributed by atoms with Crippen molar-refractivity contribution >= 4 is 7.85 Å². The molecule has 0 aromatic heterocycles. The molecule has 0 unspecified atom stereocenters. The maximum Gasteiger partial charge on any atom is 0.119 e. The number of hydrogen-bond donors (Lipinski definition) is 3. The molecule has 4 nitrogen and oxygen atoms in total. The number of rotatable bonds is 2. The molecule has 0 amide bonds. The lowest BCUT2D eigenvalue weighted by Crippen LogP contribution is -2.45. The second-order valence-corrected chi connectivity index (χ2v) is 3.09. The van der Waals surface area contributed by atoms with Gasteiger partial charge >= 0.3 is 0 Å². The number of hydrogen-bond acceptors (Lipinski definition) is 4. The minimum Gasteiger partial charge on any atom is -0.393 e. The van der Waals surface area contributed by atoms with Crippen LogP contribution >= 0.6 is 0 Å². The van der Waals surface area contributed by atoms with Gasteiger partial charge in [0.15, 0.2) is 0 Å². The van der Waals surface area contributed by atoms with Crippen LogP contribution in [0.4, 0.5) is 0 Å². The first-order valence-corrected chi connectivity index (χ1v) is 3.98. The zero-order chi connectivity index (χ0) is 9.35. The van der Waals surface area contributed by atoms with Crippen LogP contribution in [0.15, 0.2) is 0 Å². The van der Waals surface area contributed by atoms with Gasteiger partial charge in [-0.2, -0.15) is 0 Å². The summed E-state index contributed by atoms with van der Waals surface area (Å²) in [5.74, 6) is 0. The van der Waals surface area contributed by atoms with Gasteiger partial charge in [0.25, 0.3) is 0 Å². The molecular formula is C7H13BO4. The van der Waals surface area contributed by atoms with Crippen molar-refractivity contribution < 1.29 is 20.1 Å². The third kappa shape index (κ3) is 1.27. The van der Waals surface area contributed by atoms with Crippen molar-refractivity contribution in [1.29, 1.82) is 0 Å². The minimum absolute atomic E-state index is 0.338. The van der Waals surface area contributed by atoms with Crippen molar-refractivity contribution in [2.24, 2.45) is 0 Å². The van der Waals surface area contributed by atoms with Gasteiger partial charge in [-0.05, 0) is 6.42 Å². The van der Waals surface area contributed by atoms with Gasteiger partial charge in [0.2, 0.25) is 0 Å². The summed E-state index contributed by atoms with van der Waals surface area (Å²) >= 11 is 0. The second kappa shape index (κ2) is 3.34. The predicted octanol–water partition coefficient (Wildman–Crippen LogP) is -1.63.